The van der Waals surface area contributed by atoms with Crippen molar-refractivity contribution < 1.29 is 35.9 Å². The zero-order valence-electron chi connectivity index (χ0n) is 22.1. The number of carbonyl (C=O) groups excluding carboxylic acids is 1. The fourth-order valence-electron chi connectivity index (χ4n) is 4.26. The first-order chi connectivity index (χ1) is 18.7. The van der Waals surface area contributed by atoms with Crippen molar-refractivity contribution in [2.75, 3.05) is 11.6 Å². The normalized spacial score (nSPS) is 12.9. The van der Waals surface area contributed by atoms with Crippen LogP contribution in [0.2, 0.25) is 0 Å². The molecular weight excluding hydrogens is 556 g/mol. The van der Waals surface area contributed by atoms with Gasteiger partial charge in [0.25, 0.3) is 5.91 Å². The smallest absolute Gasteiger partial charge is 0.322 e. The fraction of sp³-hybridized carbons (Fsp3) is 0.214. The number of carboxylic acid groups (broad SMARTS) is 1. The van der Waals surface area contributed by atoms with Gasteiger partial charge in [0.2, 0.25) is 10.0 Å². The fourth-order valence-corrected chi connectivity index (χ4v) is 6.55. The van der Waals surface area contributed by atoms with Gasteiger partial charge in [-0.25, -0.2) is 16.8 Å². The second-order valence-electron chi connectivity index (χ2n) is 9.69. The number of carboxylic acids is 1. The minimum absolute atomic E-state index is 0.00295. The van der Waals surface area contributed by atoms with E-state index in [1.165, 1.54) is 18.2 Å². The van der Waals surface area contributed by atoms with Crippen molar-refractivity contribution in [2.45, 2.75) is 36.6 Å². The second kappa shape index (κ2) is 10.9. The average molecular weight is 585 g/mol. The Morgan fingerprint density at radius 1 is 0.875 bits per heavy atom. The summed E-state index contributed by atoms with van der Waals surface area (Å²) in [5.41, 5.74) is 2.63. The molecule has 0 unspecified atom stereocenters. The molecule has 1 aromatic heterocycles. The predicted octanol–water partition coefficient (Wildman–Crippen LogP) is 4.45. The Morgan fingerprint density at radius 2 is 1.45 bits per heavy atom. The van der Waals surface area contributed by atoms with Crippen LogP contribution in [0.4, 0.5) is 5.69 Å². The van der Waals surface area contributed by atoms with E-state index in [4.69, 9.17) is 4.42 Å². The van der Waals surface area contributed by atoms with Crippen LogP contribution in [0, 0.1) is 12.8 Å². The zero-order chi connectivity index (χ0) is 29.4. The van der Waals surface area contributed by atoms with Gasteiger partial charge in [-0.05, 0) is 60.4 Å². The highest BCUT2D eigenvalue weighted by Crippen LogP contribution is 2.32. The highest BCUT2D eigenvalue weighted by atomic mass is 32.2. The van der Waals surface area contributed by atoms with E-state index in [9.17, 15) is 31.5 Å². The van der Waals surface area contributed by atoms with E-state index in [1.54, 1.807) is 69.3 Å². The van der Waals surface area contributed by atoms with Crippen molar-refractivity contribution in [3.05, 3.63) is 78.1 Å². The Hall–Kier alpha value is -4.00. The number of sulfonamides is 1. The van der Waals surface area contributed by atoms with Gasteiger partial charge < -0.3 is 14.8 Å². The molecule has 0 aliphatic heterocycles. The van der Waals surface area contributed by atoms with Crippen molar-refractivity contribution in [1.29, 1.82) is 0 Å². The summed E-state index contributed by atoms with van der Waals surface area (Å²) >= 11 is 0. The van der Waals surface area contributed by atoms with Crippen LogP contribution >= 0.6 is 0 Å². The summed E-state index contributed by atoms with van der Waals surface area (Å²) in [6.45, 7) is 4.86. The molecular formula is C28H28N2O8S2. The quantitative estimate of drug-likeness (QED) is 0.260. The van der Waals surface area contributed by atoms with Gasteiger partial charge in [-0.15, -0.1) is 0 Å². The first-order valence-corrected chi connectivity index (χ1v) is 15.6. The van der Waals surface area contributed by atoms with Crippen LogP contribution in [0.1, 0.15) is 30.0 Å². The maximum atomic E-state index is 13.0. The Kier molecular flexibility index (Phi) is 7.88. The first kappa shape index (κ1) is 29.0. The van der Waals surface area contributed by atoms with Gasteiger partial charge in [-0.2, -0.15) is 4.72 Å². The first-order valence-electron chi connectivity index (χ1n) is 12.2. The lowest BCUT2D eigenvalue weighted by Gasteiger charge is -2.18. The molecule has 1 atom stereocenters. The lowest BCUT2D eigenvalue weighted by Crippen LogP contribution is -2.44. The van der Waals surface area contributed by atoms with E-state index in [2.05, 4.69) is 10.0 Å². The summed E-state index contributed by atoms with van der Waals surface area (Å²) in [6.07, 6.45) is 1.10. The molecule has 3 aromatic carbocycles. The number of aliphatic carboxylic acids is 1. The molecule has 0 saturated heterocycles. The van der Waals surface area contributed by atoms with Crippen molar-refractivity contribution in [1.82, 2.24) is 4.72 Å². The number of furan rings is 1. The summed E-state index contributed by atoms with van der Waals surface area (Å²) in [5.74, 6) is -2.23. The molecule has 4 rings (SSSR count). The number of rotatable bonds is 9. The van der Waals surface area contributed by atoms with E-state index >= 15 is 0 Å². The van der Waals surface area contributed by atoms with Gasteiger partial charge in [0.1, 0.15) is 11.6 Å². The number of anilines is 1. The number of fused-ring (bicyclic) bond motifs is 1. The molecule has 10 nitrogen and oxygen atoms in total. The molecule has 0 fully saturated rings. The maximum absolute atomic E-state index is 13.0. The Labute approximate surface area is 232 Å². The molecule has 0 aliphatic carbocycles. The molecule has 0 radical (unpaired) electrons. The van der Waals surface area contributed by atoms with Crippen LogP contribution in [0.15, 0.2) is 80.9 Å². The number of hydrogen-bond donors (Lipinski definition) is 3. The molecule has 4 aromatic rings. The average Bonchev–Trinajstić information content (AvgIpc) is 3.23. The molecule has 0 aliphatic rings. The van der Waals surface area contributed by atoms with E-state index < -0.39 is 43.7 Å². The molecule has 1 amide bonds. The Balaban J connectivity index is 1.51. The van der Waals surface area contributed by atoms with E-state index in [-0.39, 0.29) is 15.6 Å². The second-order valence-corrected chi connectivity index (χ2v) is 13.4. The number of hydrogen-bond acceptors (Lipinski definition) is 7. The van der Waals surface area contributed by atoms with Crippen LogP contribution in [0.25, 0.3) is 22.1 Å². The molecule has 12 heteroatoms. The topological polar surface area (TPSA) is 160 Å². The van der Waals surface area contributed by atoms with E-state index in [0.717, 1.165) is 11.8 Å². The number of amides is 1. The molecule has 0 saturated carbocycles. The van der Waals surface area contributed by atoms with Crippen LogP contribution in [-0.4, -0.2) is 46.1 Å². The SMILES string of the molecule is Cc1c(C(=O)Nc2ccc(-c3ccc(S(=O)(=O)N[C@@H](C(=O)O)C(C)C)cc3)cc2)oc2cccc(S(C)(=O)=O)c12. The molecule has 1 heterocycles. The number of sulfone groups is 1. The van der Waals surface area contributed by atoms with Crippen molar-refractivity contribution in [2.24, 2.45) is 5.92 Å². The third-order valence-corrected chi connectivity index (χ3v) is 8.97. The third-order valence-electron chi connectivity index (χ3n) is 6.38. The van der Waals surface area contributed by atoms with Crippen LogP contribution in [0.3, 0.4) is 0 Å². The molecule has 3 N–H and O–H groups in total. The standard InChI is InChI=1S/C28H28N2O8S2/c1-16(2)25(28(32)33)30-40(36,37)21-14-10-19(11-15-21)18-8-12-20(13-9-18)29-27(31)26-17(3)24-22(38-26)6-5-7-23(24)39(4,34)35/h5-16,25,30H,1-4H3,(H,29,31)(H,32,33)/t25-/m1/s1. The lowest BCUT2D eigenvalue weighted by molar-refractivity contribution is -0.140. The molecule has 40 heavy (non-hydrogen) atoms. The van der Waals surface area contributed by atoms with Crippen LogP contribution in [0.5, 0.6) is 0 Å². The lowest BCUT2D eigenvalue weighted by atomic mass is 10.1. The number of carbonyl (C=O) groups is 2. The van der Waals surface area contributed by atoms with Crippen LogP contribution in [-0.2, 0) is 24.7 Å². The van der Waals surface area contributed by atoms with Gasteiger partial charge in [0, 0.05) is 22.9 Å². The summed E-state index contributed by atoms with van der Waals surface area (Å²) in [4.78, 5) is 24.4. The van der Waals surface area contributed by atoms with Crippen LogP contribution < -0.4 is 10.0 Å². The van der Waals surface area contributed by atoms with Gasteiger partial charge in [-0.1, -0.05) is 44.2 Å². The Morgan fingerprint density at radius 3 is 1.98 bits per heavy atom. The largest absolute Gasteiger partial charge is 0.480 e. The summed E-state index contributed by atoms with van der Waals surface area (Å²) in [5, 5.41) is 12.4. The number of benzene rings is 3. The third kappa shape index (κ3) is 5.93. The monoisotopic (exact) mass is 584 g/mol. The summed E-state index contributed by atoms with van der Waals surface area (Å²) < 4.78 is 57.6. The van der Waals surface area contributed by atoms with Crippen molar-refractivity contribution >= 4 is 48.4 Å². The minimum atomic E-state index is -4.04. The molecule has 0 spiro atoms. The Bertz CT molecular complexity index is 1810. The number of aryl methyl sites for hydroxylation is 1. The van der Waals surface area contributed by atoms with Gasteiger partial charge in [-0.3, -0.25) is 9.59 Å². The number of nitrogens with one attached hydrogen (secondary N) is 2. The highest BCUT2D eigenvalue weighted by molar-refractivity contribution is 7.91. The van der Waals surface area contributed by atoms with Gasteiger partial charge in [0.15, 0.2) is 15.6 Å². The van der Waals surface area contributed by atoms with Crippen molar-refractivity contribution in [3.8, 4) is 11.1 Å². The van der Waals surface area contributed by atoms with E-state index in [0.29, 0.717) is 27.8 Å². The highest BCUT2D eigenvalue weighted by Gasteiger charge is 2.28. The summed E-state index contributed by atoms with van der Waals surface area (Å²) in [6, 6.07) is 16.2. The molecule has 0 bridgehead atoms. The summed E-state index contributed by atoms with van der Waals surface area (Å²) in [7, 11) is -7.57. The van der Waals surface area contributed by atoms with Gasteiger partial charge >= 0.3 is 5.97 Å². The van der Waals surface area contributed by atoms with E-state index in [1.807, 2.05) is 0 Å². The maximum Gasteiger partial charge on any atom is 0.322 e. The zero-order valence-corrected chi connectivity index (χ0v) is 23.8. The van der Waals surface area contributed by atoms with Crippen molar-refractivity contribution in [3.63, 3.8) is 0 Å². The van der Waals surface area contributed by atoms with Gasteiger partial charge in [0.05, 0.1) is 9.79 Å². The predicted molar refractivity (Wildman–Crippen MR) is 150 cm³/mol. The minimum Gasteiger partial charge on any atom is -0.480 e. The molecule has 210 valence electrons.